The first-order valence-corrected chi connectivity index (χ1v) is 7.43. The molecule has 1 unspecified atom stereocenters. The van der Waals surface area contributed by atoms with Gasteiger partial charge in [0.15, 0.2) is 6.10 Å². The fourth-order valence-electron chi connectivity index (χ4n) is 1.65. The molecule has 0 saturated heterocycles. The number of ether oxygens (including phenoxy) is 1. The highest BCUT2D eigenvalue weighted by molar-refractivity contribution is 9.10. The van der Waals surface area contributed by atoms with E-state index < -0.39 is 17.9 Å². The lowest BCUT2D eigenvalue weighted by molar-refractivity contribution is -0.128. The van der Waals surface area contributed by atoms with E-state index in [9.17, 15) is 9.59 Å². The molecule has 0 saturated carbocycles. The zero-order valence-corrected chi connectivity index (χ0v) is 13.5. The summed E-state index contributed by atoms with van der Waals surface area (Å²) in [4.78, 5) is 23.7. The van der Waals surface area contributed by atoms with E-state index in [0.717, 1.165) is 4.47 Å². The van der Waals surface area contributed by atoms with Gasteiger partial charge in [0.25, 0.3) is 11.8 Å². The Balaban J connectivity index is 1.84. The minimum Gasteiger partial charge on any atom is -0.481 e. The van der Waals surface area contributed by atoms with Crippen molar-refractivity contribution < 1.29 is 14.3 Å². The molecule has 2 aromatic rings. The molecule has 0 aliphatic heterocycles. The van der Waals surface area contributed by atoms with Gasteiger partial charge in [0.2, 0.25) is 0 Å². The zero-order chi connectivity index (χ0) is 15.9. The summed E-state index contributed by atoms with van der Waals surface area (Å²) < 4.78 is 6.33. The molecule has 0 bridgehead atoms. The average molecular weight is 363 g/mol. The lowest BCUT2D eigenvalue weighted by Gasteiger charge is -2.15. The highest BCUT2D eigenvalue weighted by atomic mass is 79.9. The van der Waals surface area contributed by atoms with Crippen molar-refractivity contribution in [3.8, 4) is 5.75 Å². The van der Waals surface area contributed by atoms with E-state index in [4.69, 9.17) is 4.74 Å². The number of hydrazine groups is 1. The normalized spacial score (nSPS) is 11.4. The minimum absolute atomic E-state index is 0.396. The predicted octanol–water partition coefficient (Wildman–Crippen LogP) is 2.68. The van der Waals surface area contributed by atoms with Gasteiger partial charge in [-0.3, -0.25) is 20.4 Å². The van der Waals surface area contributed by atoms with Crippen LogP contribution in [0.2, 0.25) is 0 Å². The van der Waals surface area contributed by atoms with Crippen molar-refractivity contribution >= 4 is 27.7 Å². The van der Waals surface area contributed by atoms with Crippen LogP contribution in [0.25, 0.3) is 0 Å². The van der Waals surface area contributed by atoms with Gasteiger partial charge in [-0.1, -0.05) is 34.1 Å². The highest BCUT2D eigenvalue weighted by Crippen LogP contribution is 2.11. The van der Waals surface area contributed by atoms with Crippen molar-refractivity contribution in [2.24, 2.45) is 0 Å². The fourth-order valence-corrected chi connectivity index (χ4v) is 1.91. The van der Waals surface area contributed by atoms with Gasteiger partial charge in [-0.25, -0.2) is 0 Å². The number of carbonyl (C=O) groups excluding carboxylic acids is 2. The van der Waals surface area contributed by atoms with E-state index in [0.29, 0.717) is 11.3 Å². The van der Waals surface area contributed by atoms with Gasteiger partial charge in [-0.2, -0.15) is 0 Å². The Hall–Kier alpha value is -2.34. The molecule has 0 aliphatic carbocycles. The van der Waals surface area contributed by atoms with Crippen molar-refractivity contribution in [3.63, 3.8) is 0 Å². The molecule has 0 aromatic heterocycles. The largest absolute Gasteiger partial charge is 0.481 e. The molecule has 1 atom stereocenters. The second-order valence-electron chi connectivity index (χ2n) is 4.52. The number of para-hydroxylation sites is 1. The molecule has 2 amide bonds. The van der Waals surface area contributed by atoms with Crippen LogP contribution in [0.4, 0.5) is 0 Å². The third-order valence-corrected chi connectivity index (χ3v) is 3.36. The van der Waals surface area contributed by atoms with Gasteiger partial charge in [0.05, 0.1) is 0 Å². The maximum absolute atomic E-state index is 11.9. The predicted molar refractivity (Wildman–Crippen MR) is 86.3 cm³/mol. The molecule has 5 nitrogen and oxygen atoms in total. The van der Waals surface area contributed by atoms with E-state index >= 15 is 0 Å². The summed E-state index contributed by atoms with van der Waals surface area (Å²) in [6.07, 6.45) is -0.729. The molecule has 2 rings (SSSR count). The molecule has 0 radical (unpaired) electrons. The maximum Gasteiger partial charge on any atom is 0.279 e. The van der Waals surface area contributed by atoms with Crippen LogP contribution >= 0.6 is 15.9 Å². The molecular formula is C16H15BrN2O3. The third-order valence-electron chi connectivity index (χ3n) is 2.83. The molecule has 6 heteroatoms. The highest BCUT2D eigenvalue weighted by Gasteiger charge is 2.15. The number of carbonyl (C=O) groups is 2. The van der Waals surface area contributed by atoms with E-state index in [1.807, 2.05) is 18.2 Å². The lowest BCUT2D eigenvalue weighted by atomic mass is 10.2. The van der Waals surface area contributed by atoms with Crippen LogP contribution in [0.1, 0.15) is 17.3 Å². The smallest absolute Gasteiger partial charge is 0.279 e. The maximum atomic E-state index is 11.9. The molecule has 114 valence electrons. The SMILES string of the molecule is CC(Oc1ccccc1)C(=O)NNC(=O)c1ccc(Br)cc1. The van der Waals surface area contributed by atoms with Crippen molar-refractivity contribution in [1.82, 2.24) is 10.9 Å². The van der Waals surface area contributed by atoms with E-state index in [-0.39, 0.29) is 0 Å². The van der Waals surface area contributed by atoms with E-state index in [1.54, 1.807) is 43.3 Å². The van der Waals surface area contributed by atoms with E-state index in [2.05, 4.69) is 26.8 Å². The Bertz CT molecular complexity index is 644. The Kier molecular flexibility index (Phi) is 5.55. The number of halogens is 1. The van der Waals surface area contributed by atoms with Gasteiger partial charge in [-0.05, 0) is 43.3 Å². The standard InChI is InChI=1S/C16H15BrN2O3/c1-11(22-14-5-3-2-4-6-14)15(20)18-19-16(21)12-7-9-13(17)10-8-12/h2-11H,1H3,(H,18,20)(H,19,21). The summed E-state index contributed by atoms with van der Waals surface area (Å²) >= 11 is 3.29. The van der Waals surface area contributed by atoms with Gasteiger partial charge in [0.1, 0.15) is 5.75 Å². The second kappa shape index (κ2) is 7.61. The van der Waals surface area contributed by atoms with Gasteiger partial charge >= 0.3 is 0 Å². The van der Waals surface area contributed by atoms with Crippen LogP contribution in [0, 0.1) is 0 Å². The van der Waals surface area contributed by atoms with Crippen molar-refractivity contribution in [2.75, 3.05) is 0 Å². The number of amides is 2. The fraction of sp³-hybridized carbons (Fsp3) is 0.125. The summed E-state index contributed by atoms with van der Waals surface area (Å²) in [5, 5.41) is 0. The first kappa shape index (κ1) is 16.0. The second-order valence-corrected chi connectivity index (χ2v) is 5.44. The van der Waals surface area contributed by atoms with Gasteiger partial charge in [-0.15, -0.1) is 0 Å². The summed E-state index contributed by atoms with van der Waals surface area (Å²) in [5.74, 6) is -0.244. The van der Waals surface area contributed by atoms with Crippen LogP contribution in [0.15, 0.2) is 59.1 Å². The summed E-state index contributed by atoms with van der Waals surface area (Å²) in [6.45, 7) is 1.61. The number of nitrogens with one attached hydrogen (secondary N) is 2. The van der Waals surface area contributed by atoms with Crippen LogP contribution in [-0.4, -0.2) is 17.9 Å². The molecule has 0 spiro atoms. The minimum atomic E-state index is -0.729. The topological polar surface area (TPSA) is 67.4 Å². The Morgan fingerprint density at radius 2 is 1.64 bits per heavy atom. The first-order chi connectivity index (χ1) is 10.6. The number of hydrogen-bond acceptors (Lipinski definition) is 3. The average Bonchev–Trinajstić information content (AvgIpc) is 2.53. The number of benzene rings is 2. The Morgan fingerprint density at radius 1 is 1.00 bits per heavy atom. The summed E-state index contributed by atoms with van der Waals surface area (Å²) in [6, 6.07) is 15.8. The third kappa shape index (κ3) is 4.60. The molecule has 0 fully saturated rings. The first-order valence-electron chi connectivity index (χ1n) is 6.64. The van der Waals surface area contributed by atoms with Crippen LogP contribution in [0.3, 0.4) is 0 Å². The summed E-state index contributed by atoms with van der Waals surface area (Å²) in [5.41, 5.74) is 5.14. The van der Waals surface area contributed by atoms with Gasteiger partial charge in [0, 0.05) is 10.0 Å². The van der Waals surface area contributed by atoms with Crippen LogP contribution < -0.4 is 15.6 Å². The molecule has 2 aromatic carbocycles. The lowest BCUT2D eigenvalue weighted by Crippen LogP contribution is -2.47. The van der Waals surface area contributed by atoms with Gasteiger partial charge < -0.3 is 4.74 Å². The number of hydrogen-bond donors (Lipinski definition) is 2. The monoisotopic (exact) mass is 362 g/mol. The van der Waals surface area contributed by atoms with Crippen molar-refractivity contribution in [3.05, 3.63) is 64.6 Å². The summed E-state index contributed by atoms with van der Waals surface area (Å²) in [7, 11) is 0. The molecule has 22 heavy (non-hydrogen) atoms. The van der Waals surface area contributed by atoms with E-state index in [1.165, 1.54) is 0 Å². The Labute approximate surface area is 136 Å². The zero-order valence-electron chi connectivity index (χ0n) is 11.9. The molecule has 0 aliphatic rings. The molecule has 2 N–H and O–H groups in total. The van der Waals surface area contributed by atoms with Crippen LogP contribution in [0.5, 0.6) is 5.75 Å². The number of rotatable bonds is 4. The Morgan fingerprint density at radius 3 is 2.27 bits per heavy atom. The quantitative estimate of drug-likeness (QED) is 0.821. The molecular weight excluding hydrogens is 348 g/mol. The van der Waals surface area contributed by atoms with Crippen molar-refractivity contribution in [1.29, 1.82) is 0 Å². The molecule has 0 heterocycles. The van der Waals surface area contributed by atoms with Crippen LogP contribution in [-0.2, 0) is 4.79 Å². The van der Waals surface area contributed by atoms with Crippen molar-refractivity contribution in [2.45, 2.75) is 13.0 Å².